The van der Waals surface area contributed by atoms with Gasteiger partial charge >= 0.3 is 57.5 Å². The summed E-state index contributed by atoms with van der Waals surface area (Å²) in [6, 6.07) is 14.3. The maximum Gasteiger partial charge on any atom is 1.00 e. The molecule has 2 aliphatic rings. The van der Waals surface area contributed by atoms with Crippen LogP contribution in [0.15, 0.2) is 24.3 Å². The van der Waals surface area contributed by atoms with Gasteiger partial charge in [-0.2, -0.15) is 27.0 Å². The number of ether oxygens (including phenoxy) is 3. The van der Waals surface area contributed by atoms with E-state index in [-0.39, 0.29) is 98.3 Å². The Hall–Kier alpha value is 0.281. The smallest absolute Gasteiger partial charge is 0.557 e. The minimum absolute atomic E-state index is 0. The monoisotopic (exact) mass is 905 g/mol. The van der Waals surface area contributed by atoms with Gasteiger partial charge in [0.25, 0.3) is 0 Å². The summed E-state index contributed by atoms with van der Waals surface area (Å²) in [7, 11) is 2.93. The Morgan fingerprint density at radius 1 is 0.944 bits per heavy atom. The predicted molar refractivity (Wildman–Crippen MR) is 128 cm³/mol. The Morgan fingerprint density at radius 2 is 1.50 bits per heavy atom. The van der Waals surface area contributed by atoms with Crippen LogP contribution in [0, 0.1) is 79.5 Å². The molecule has 1 aliphatic carbocycles. The van der Waals surface area contributed by atoms with Crippen molar-refractivity contribution in [2.75, 3.05) is 13.2 Å². The molecule has 2 radical (unpaired) electrons. The molecule has 1 atom stereocenters. The summed E-state index contributed by atoms with van der Waals surface area (Å²) < 4.78 is 46.3. The van der Waals surface area contributed by atoms with E-state index in [9.17, 15) is 8.78 Å². The summed E-state index contributed by atoms with van der Waals surface area (Å²) in [6.07, 6.45) is 0.830. The fraction of sp³-hybridized carbons (Fsp3) is 0.556. The van der Waals surface area contributed by atoms with Gasteiger partial charge in [-0.05, 0) is 42.8 Å². The van der Waals surface area contributed by atoms with Crippen LogP contribution >= 0.6 is 9.24 Å². The second kappa shape index (κ2) is 17.1. The van der Waals surface area contributed by atoms with E-state index < -0.39 is 12.4 Å². The van der Waals surface area contributed by atoms with Crippen molar-refractivity contribution in [3.05, 3.63) is 64.7 Å². The van der Waals surface area contributed by atoms with Gasteiger partial charge in [-0.3, -0.25) is 17.7 Å². The molecule has 1 aliphatic heterocycles. The van der Waals surface area contributed by atoms with Crippen molar-refractivity contribution in [1.82, 2.24) is 0 Å². The Morgan fingerprint density at radius 3 is 2.03 bits per heavy atom. The summed E-state index contributed by atoms with van der Waals surface area (Å²) in [4.78, 5) is 0. The van der Waals surface area contributed by atoms with E-state index in [0.29, 0.717) is 36.2 Å². The van der Waals surface area contributed by atoms with Crippen LogP contribution in [0.25, 0.3) is 0 Å². The third kappa shape index (κ3) is 9.79. The SMILES string of the molecule is CC.Cc1[c-]cc(OC(F)(F)c2[c-]cc(C3OCC(C4CCC(P)CC4)CO3)cc2C)c[c-]1.[Es].[K+].[La]. The fourth-order valence-corrected chi connectivity index (χ4v) is 4.77. The fourth-order valence-electron chi connectivity index (χ4n) is 4.38. The van der Waals surface area contributed by atoms with Gasteiger partial charge in [-0.15, -0.1) is 26.1 Å². The molecule has 1 unspecified atom stereocenters. The van der Waals surface area contributed by atoms with Crippen LogP contribution in [0.2, 0.25) is 0 Å². The molecule has 1 heterocycles. The van der Waals surface area contributed by atoms with Crippen LogP contribution in [0.1, 0.15) is 68.1 Å². The molecule has 196 valence electrons. The molecule has 2 fully saturated rings. The third-order valence-electron chi connectivity index (χ3n) is 6.24. The topological polar surface area (TPSA) is 27.7 Å². The molecule has 36 heavy (non-hydrogen) atoms. The quantitative estimate of drug-likeness (QED) is 0.259. The van der Waals surface area contributed by atoms with Crippen LogP contribution in [0.3, 0.4) is 0 Å². The summed E-state index contributed by atoms with van der Waals surface area (Å²) >= 11 is 0. The minimum atomic E-state index is -3.52. The first kappa shape index (κ1) is 36.3. The zero-order valence-corrected chi connectivity index (χ0v) is 32.2. The first-order chi connectivity index (χ1) is 15.8. The van der Waals surface area contributed by atoms with Crippen LogP contribution in [-0.2, 0) is 15.6 Å². The van der Waals surface area contributed by atoms with Crippen molar-refractivity contribution < 1.29 is 110 Å². The molecule has 1 saturated carbocycles. The van der Waals surface area contributed by atoms with Crippen molar-refractivity contribution in [2.45, 2.75) is 71.4 Å². The molecule has 1 saturated heterocycles. The van der Waals surface area contributed by atoms with Crippen LogP contribution in [-0.4, -0.2) is 18.9 Å². The number of aryl methyl sites for hydroxylation is 2. The number of alkyl halides is 2. The maximum atomic E-state index is 14.7. The van der Waals surface area contributed by atoms with Crippen LogP contribution in [0.5, 0.6) is 5.75 Å². The summed E-state index contributed by atoms with van der Waals surface area (Å²) in [6.45, 7) is 8.67. The van der Waals surface area contributed by atoms with Crippen LogP contribution in [0.4, 0.5) is 8.78 Å². The van der Waals surface area contributed by atoms with Gasteiger partial charge in [0.1, 0.15) is 6.29 Å². The van der Waals surface area contributed by atoms with Gasteiger partial charge in [0.2, 0.25) is 0 Å². The van der Waals surface area contributed by atoms with Gasteiger partial charge in [0.15, 0.2) is 0 Å². The Kier molecular flexibility index (Phi) is 17.2. The first-order valence-corrected chi connectivity index (χ1v) is 12.5. The molecule has 2 aromatic rings. The summed E-state index contributed by atoms with van der Waals surface area (Å²) in [5.41, 5.74) is 2.22. The van der Waals surface area contributed by atoms with E-state index in [0.717, 1.165) is 11.2 Å². The van der Waals surface area contributed by atoms with E-state index in [1.165, 1.54) is 43.9 Å². The second-order valence-electron chi connectivity index (χ2n) is 8.65. The zero-order chi connectivity index (χ0) is 24.0. The maximum absolute atomic E-state index is 14.7. The molecule has 0 bridgehead atoms. The van der Waals surface area contributed by atoms with Crippen LogP contribution < -0.4 is 56.1 Å². The summed E-state index contributed by atoms with van der Waals surface area (Å²) in [5.74, 6) is 1.05. The molecule has 0 aromatic heterocycles. The third-order valence-corrected chi connectivity index (χ3v) is 6.90. The van der Waals surface area contributed by atoms with Crippen molar-refractivity contribution >= 4 is 9.24 Å². The number of hydrogen-bond donors (Lipinski definition) is 0. The van der Waals surface area contributed by atoms with Crippen molar-refractivity contribution in [3.63, 3.8) is 0 Å². The van der Waals surface area contributed by atoms with E-state index in [4.69, 9.17) is 14.2 Å². The van der Waals surface area contributed by atoms with Gasteiger partial charge in [0.05, 0.1) is 13.2 Å². The average molecular weight is 906 g/mol. The Balaban J connectivity index is 0.00000239. The van der Waals surface area contributed by atoms with Crippen molar-refractivity contribution in [2.24, 2.45) is 11.8 Å². The van der Waals surface area contributed by atoms with E-state index in [1.54, 1.807) is 19.9 Å². The van der Waals surface area contributed by atoms with Gasteiger partial charge in [-0.1, -0.05) is 27.7 Å². The predicted octanol–water partition coefficient (Wildman–Crippen LogP) is 3.96. The molecule has 0 N–H and O–H groups in total. The molecule has 4 rings (SSSR count). The van der Waals surface area contributed by atoms with E-state index in [1.807, 2.05) is 13.8 Å². The molecule has 9 heteroatoms. The molecule has 0 amide bonds. The molecule has 0 spiro atoms. The standard InChI is InChI=1S/C25H28F2O3P.C2H6.Es.K.La/c1-16-3-8-21(9-4-16)30-25(26,27)23-12-7-19(13-17(23)2)24-28-14-20(15-29-24)18-5-10-22(31)11-6-18;1-2;;;/h7-9,13,18,20,22,24H,5-6,10-11,14-15,31H2,1-2H3;1-2H3;;;/q-3;;;+1;. The number of hydrogen-bond acceptors (Lipinski definition) is 3. The van der Waals surface area contributed by atoms with Gasteiger partial charge < -0.3 is 26.3 Å². The van der Waals surface area contributed by atoms with Crippen molar-refractivity contribution in [1.29, 1.82) is 0 Å². The van der Waals surface area contributed by atoms with E-state index >= 15 is 0 Å². The summed E-state index contributed by atoms with van der Waals surface area (Å²) in [5, 5.41) is 0. The molecular formula is C27H34EsF2KLaO3P-2. The second-order valence-corrected chi connectivity index (χ2v) is 9.59. The first-order valence-electron chi connectivity index (χ1n) is 11.8. The largest absolute Gasteiger partial charge is 1.00 e. The van der Waals surface area contributed by atoms with Gasteiger partial charge in [-0.25, -0.2) is 0 Å². The van der Waals surface area contributed by atoms with E-state index in [2.05, 4.69) is 27.4 Å². The van der Waals surface area contributed by atoms with Crippen molar-refractivity contribution in [3.8, 4) is 5.75 Å². The average Bonchev–Trinajstić information content (AvgIpc) is 2.82. The normalized spacial score (nSPS) is 23.5. The Bertz CT molecular complexity index is 891. The molecule has 2 aromatic carbocycles. The Labute approximate surface area is 282 Å². The molecular weight excluding hydrogens is 871 g/mol. The number of halogens is 2. The minimum Gasteiger partial charge on any atom is -0.557 e. The van der Waals surface area contributed by atoms with Gasteiger partial charge in [0, 0.05) is 41.5 Å². The zero-order valence-electron chi connectivity index (χ0n) is 21.8. The molecule has 3 nitrogen and oxygen atoms in total. The number of benzene rings is 2. The number of rotatable bonds is 5.